The Hall–Kier alpha value is -1.49. The first-order valence-electron chi connectivity index (χ1n) is 6.79. The van der Waals surface area contributed by atoms with Gasteiger partial charge in [-0.05, 0) is 26.3 Å². The number of thiazole rings is 1. The maximum Gasteiger partial charge on any atom is 0.147 e. The number of rotatable bonds is 5. The van der Waals surface area contributed by atoms with E-state index in [4.69, 9.17) is 0 Å². The van der Waals surface area contributed by atoms with Gasteiger partial charge < -0.3 is 4.90 Å². The summed E-state index contributed by atoms with van der Waals surface area (Å²) in [7, 11) is 0. The summed E-state index contributed by atoms with van der Waals surface area (Å²) in [6.45, 7) is 7.11. The van der Waals surface area contributed by atoms with Gasteiger partial charge in [-0.1, -0.05) is 6.92 Å². The molecular weight excluding hydrogens is 278 g/mol. The summed E-state index contributed by atoms with van der Waals surface area (Å²) in [4.78, 5) is 6.11. The second-order valence-corrected chi connectivity index (χ2v) is 5.38. The fourth-order valence-electron chi connectivity index (χ4n) is 2.14. The van der Waals surface area contributed by atoms with Gasteiger partial charge >= 0.3 is 0 Å². The van der Waals surface area contributed by atoms with Crippen LogP contribution in [0.2, 0.25) is 0 Å². The van der Waals surface area contributed by atoms with Crippen LogP contribution in [0.3, 0.4) is 0 Å². The second-order valence-electron chi connectivity index (χ2n) is 4.44. The molecule has 0 saturated heterocycles. The summed E-state index contributed by atoms with van der Waals surface area (Å²) in [6.07, 6.45) is 0.798. The Morgan fingerprint density at radius 2 is 1.80 bits per heavy atom. The van der Waals surface area contributed by atoms with Crippen LogP contribution >= 0.6 is 11.3 Å². The van der Waals surface area contributed by atoms with Crippen molar-refractivity contribution in [3.63, 3.8) is 0 Å². The van der Waals surface area contributed by atoms with Crippen LogP contribution in [0.5, 0.6) is 0 Å². The lowest BCUT2D eigenvalue weighted by Gasteiger charge is -2.22. The average Bonchev–Trinajstić information content (AvgIpc) is 2.92. The van der Waals surface area contributed by atoms with Crippen molar-refractivity contribution < 1.29 is 8.78 Å². The highest BCUT2D eigenvalue weighted by Crippen LogP contribution is 2.30. The molecule has 2 aromatic rings. The van der Waals surface area contributed by atoms with Gasteiger partial charge in [0.25, 0.3) is 0 Å². The molecule has 0 bridgehead atoms. The van der Waals surface area contributed by atoms with Crippen LogP contribution in [0.1, 0.15) is 25.8 Å². The molecule has 0 saturated carbocycles. The molecule has 0 aliphatic carbocycles. The lowest BCUT2D eigenvalue weighted by Crippen LogP contribution is -2.23. The third-order valence-corrected chi connectivity index (χ3v) is 4.26. The molecule has 1 aromatic heterocycles. The second kappa shape index (κ2) is 6.31. The highest BCUT2D eigenvalue weighted by Gasteiger charge is 2.16. The van der Waals surface area contributed by atoms with Gasteiger partial charge in [-0.3, -0.25) is 0 Å². The van der Waals surface area contributed by atoms with E-state index >= 15 is 0 Å². The minimum Gasteiger partial charge on any atom is -0.370 e. The fourth-order valence-corrected chi connectivity index (χ4v) is 2.88. The van der Waals surface area contributed by atoms with Gasteiger partial charge in [0.2, 0.25) is 0 Å². The zero-order valence-corrected chi connectivity index (χ0v) is 12.7. The van der Waals surface area contributed by atoms with E-state index < -0.39 is 11.6 Å². The van der Waals surface area contributed by atoms with Crippen molar-refractivity contribution in [2.75, 3.05) is 18.0 Å². The highest BCUT2D eigenvalue weighted by molar-refractivity contribution is 7.09. The predicted octanol–water partition coefficient (Wildman–Crippen LogP) is 4.50. The standard InChI is InChI=1S/C15H18F2N2S/c1-4-15-18-13(9-20-15)10-7-12(17)14(8-11(10)16)19(5-2)6-3/h7-9H,4-6H2,1-3H3. The van der Waals surface area contributed by atoms with Crippen LogP contribution in [-0.4, -0.2) is 18.1 Å². The molecule has 20 heavy (non-hydrogen) atoms. The van der Waals surface area contributed by atoms with Crippen molar-refractivity contribution in [3.05, 3.63) is 34.2 Å². The lowest BCUT2D eigenvalue weighted by molar-refractivity contribution is 0.597. The normalized spacial score (nSPS) is 10.8. The van der Waals surface area contributed by atoms with E-state index in [1.165, 1.54) is 23.5 Å². The number of halogens is 2. The van der Waals surface area contributed by atoms with Crippen LogP contribution < -0.4 is 4.90 Å². The summed E-state index contributed by atoms with van der Waals surface area (Å²) in [6, 6.07) is 2.51. The maximum absolute atomic E-state index is 14.2. The average molecular weight is 296 g/mol. The third-order valence-electron chi connectivity index (χ3n) is 3.27. The smallest absolute Gasteiger partial charge is 0.147 e. The third kappa shape index (κ3) is 2.82. The topological polar surface area (TPSA) is 16.1 Å². The minimum absolute atomic E-state index is 0.231. The molecule has 0 N–H and O–H groups in total. The quantitative estimate of drug-likeness (QED) is 0.807. The Bertz CT molecular complexity index is 592. The molecule has 0 atom stereocenters. The van der Waals surface area contributed by atoms with Crippen molar-refractivity contribution in [1.82, 2.24) is 4.98 Å². The number of nitrogens with zero attached hydrogens (tertiary/aromatic N) is 2. The van der Waals surface area contributed by atoms with Gasteiger partial charge in [0.05, 0.1) is 16.4 Å². The van der Waals surface area contributed by atoms with E-state index in [2.05, 4.69) is 4.98 Å². The molecule has 2 rings (SSSR count). The number of aryl methyl sites for hydroxylation is 1. The molecule has 0 aliphatic rings. The first kappa shape index (κ1) is 14.9. The Kier molecular flexibility index (Phi) is 4.70. The molecule has 1 heterocycles. The lowest BCUT2D eigenvalue weighted by atomic mass is 10.1. The van der Waals surface area contributed by atoms with Gasteiger partial charge in [-0.25, -0.2) is 13.8 Å². The van der Waals surface area contributed by atoms with E-state index in [0.717, 1.165) is 11.4 Å². The zero-order chi connectivity index (χ0) is 14.7. The molecule has 0 amide bonds. The van der Waals surface area contributed by atoms with Crippen LogP contribution in [0.4, 0.5) is 14.5 Å². The summed E-state index contributed by atoms with van der Waals surface area (Å²) < 4.78 is 28.4. The molecule has 0 fully saturated rings. The zero-order valence-electron chi connectivity index (χ0n) is 11.9. The summed E-state index contributed by atoms with van der Waals surface area (Å²) >= 11 is 1.47. The molecule has 0 unspecified atom stereocenters. The first-order chi connectivity index (χ1) is 9.60. The number of hydrogen-bond donors (Lipinski definition) is 0. The molecule has 5 heteroatoms. The fraction of sp³-hybridized carbons (Fsp3) is 0.400. The molecule has 0 aliphatic heterocycles. The molecule has 108 valence electrons. The van der Waals surface area contributed by atoms with E-state index in [9.17, 15) is 8.78 Å². The van der Waals surface area contributed by atoms with Crippen LogP contribution in [0.25, 0.3) is 11.3 Å². The van der Waals surface area contributed by atoms with Crippen molar-refractivity contribution in [3.8, 4) is 11.3 Å². The first-order valence-corrected chi connectivity index (χ1v) is 7.67. The number of benzene rings is 1. The molecule has 0 spiro atoms. The van der Waals surface area contributed by atoms with Crippen molar-refractivity contribution in [1.29, 1.82) is 0 Å². The van der Waals surface area contributed by atoms with E-state index in [-0.39, 0.29) is 5.56 Å². The van der Waals surface area contributed by atoms with Crippen LogP contribution in [0, 0.1) is 11.6 Å². The maximum atomic E-state index is 14.2. The van der Waals surface area contributed by atoms with Crippen molar-refractivity contribution >= 4 is 17.0 Å². The van der Waals surface area contributed by atoms with Crippen LogP contribution in [0.15, 0.2) is 17.5 Å². The van der Waals surface area contributed by atoms with Gasteiger partial charge in [0.1, 0.15) is 11.6 Å². The van der Waals surface area contributed by atoms with E-state index in [0.29, 0.717) is 24.5 Å². The van der Waals surface area contributed by atoms with Crippen LogP contribution in [-0.2, 0) is 6.42 Å². The number of aromatic nitrogens is 1. The van der Waals surface area contributed by atoms with Gasteiger partial charge in [0, 0.05) is 30.1 Å². The summed E-state index contributed by atoms with van der Waals surface area (Å²) in [5, 5.41) is 2.70. The largest absolute Gasteiger partial charge is 0.370 e. The number of anilines is 1. The minimum atomic E-state index is -0.429. The van der Waals surface area contributed by atoms with Gasteiger partial charge in [-0.2, -0.15) is 0 Å². The van der Waals surface area contributed by atoms with E-state index in [1.807, 2.05) is 20.8 Å². The summed E-state index contributed by atoms with van der Waals surface area (Å²) in [5.74, 6) is -0.836. The van der Waals surface area contributed by atoms with Gasteiger partial charge in [-0.15, -0.1) is 11.3 Å². The van der Waals surface area contributed by atoms with E-state index in [1.54, 1.807) is 10.3 Å². The highest BCUT2D eigenvalue weighted by atomic mass is 32.1. The molecule has 2 nitrogen and oxygen atoms in total. The SMILES string of the molecule is CCc1nc(-c2cc(F)c(N(CC)CC)cc2F)cs1. The number of hydrogen-bond acceptors (Lipinski definition) is 3. The predicted molar refractivity (Wildman–Crippen MR) is 80.4 cm³/mol. The molecule has 1 aromatic carbocycles. The summed E-state index contributed by atoms with van der Waals surface area (Å²) in [5.41, 5.74) is 1.05. The molecule has 0 radical (unpaired) electrons. The monoisotopic (exact) mass is 296 g/mol. The molecular formula is C15H18F2N2S. The Labute approximate surface area is 122 Å². The Morgan fingerprint density at radius 1 is 1.10 bits per heavy atom. The Balaban J connectivity index is 2.44. The van der Waals surface area contributed by atoms with Crippen molar-refractivity contribution in [2.45, 2.75) is 27.2 Å². The van der Waals surface area contributed by atoms with Gasteiger partial charge in [0.15, 0.2) is 0 Å². The van der Waals surface area contributed by atoms with Crippen molar-refractivity contribution in [2.24, 2.45) is 0 Å². The Morgan fingerprint density at radius 3 is 2.35 bits per heavy atom.